The first-order chi connectivity index (χ1) is 8.12. The molecule has 0 spiro atoms. The molecule has 0 radical (unpaired) electrons. The minimum absolute atomic E-state index is 0.0267. The van der Waals surface area contributed by atoms with Crippen molar-refractivity contribution < 1.29 is 8.42 Å². The highest BCUT2D eigenvalue weighted by Gasteiger charge is 2.16. The van der Waals surface area contributed by atoms with Crippen LogP contribution in [0, 0.1) is 0 Å². The fourth-order valence-electron chi connectivity index (χ4n) is 1.28. The molecular weight excluding hydrogens is 242 g/mol. The van der Waals surface area contributed by atoms with Crippen LogP contribution in [0.2, 0.25) is 0 Å². The van der Waals surface area contributed by atoms with Gasteiger partial charge in [0.25, 0.3) is 10.0 Å². The van der Waals surface area contributed by atoms with Gasteiger partial charge in [-0.05, 0) is 6.92 Å². The monoisotopic (exact) mass is 255 g/mol. The van der Waals surface area contributed by atoms with Crippen molar-refractivity contribution in [1.82, 2.24) is 24.2 Å². The third kappa shape index (κ3) is 2.71. The molecule has 0 aliphatic heterocycles. The number of nitrogens with zero attached hydrogens (tertiary/aromatic N) is 3. The number of sulfonamides is 1. The minimum atomic E-state index is -3.56. The molecular formula is C9H13N5O2S. The number of H-pyrrole nitrogens is 1. The fraction of sp³-hybridized carbons (Fsp3) is 0.333. The largest absolute Gasteiger partial charge is 0.347 e. The SMILES string of the molecule is CCn1cnc(S(=O)(=O)NCc2cnc[nH]2)c1. The van der Waals surface area contributed by atoms with E-state index in [-0.39, 0.29) is 11.6 Å². The summed E-state index contributed by atoms with van der Waals surface area (Å²) in [5.74, 6) is 0. The first-order valence-corrected chi connectivity index (χ1v) is 6.59. The van der Waals surface area contributed by atoms with E-state index in [4.69, 9.17) is 0 Å². The molecule has 8 heteroatoms. The second kappa shape index (κ2) is 4.68. The van der Waals surface area contributed by atoms with E-state index in [9.17, 15) is 8.42 Å². The molecule has 7 nitrogen and oxygen atoms in total. The van der Waals surface area contributed by atoms with E-state index in [0.717, 1.165) is 0 Å². The number of aromatic nitrogens is 4. The van der Waals surface area contributed by atoms with Crippen molar-refractivity contribution in [3.05, 3.63) is 30.7 Å². The highest BCUT2D eigenvalue weighted by molar-refractivity contribution is 7.89. The first kappa shape index (κ1) is 11.8. The predicted molar refractivity (Wildman–Crippen MR) is 60.5 cm³/mol. The Labute approximate surface area is 99.0 Å². The lowest BCUT2D eigenvalue weighted by molar-refractivity contribution is 0.577. The summed E-state index contributed by atoms with van der Waals surface area (Å²) in [5.41, 5.74) is 0.698. The van der Waals surface area contributed by atoms with Gasteiger partial charge in [0.05, 0.1) is 19.2 Å². The second-order valence-corrected chi connectivity index (χ2v) is 5.16. The van der Waals surface area contributed by atoms with Crippen molar-refractivity contribution in [2.75, 3.05) is 0 Å². The van der Waals surface area contributed by atoms with Crippen LogP contribution in [0.3, 0.4) is 0 Å². The molecule has 0 amide bonds. The maximum Gasteiger partial charge on any atom is 0.259 e. The molecule has 0 unspecified atom stereocenters. The third-order valence-electron chi connectivity index (χ3n) is 2.26. The van der Waals surface area contributed by atoms with Crippen molar-refractivity contribution in [2.45, 2.75) is 25.0 Å². The van der Waals surface area contributed by atoms with Crippen molar-refractivity contribution in [3.63, 3.8) is 0 Å². The Hall–Kier alpha value is -1.67. The van der Waals surface area contributed by atoms with E-state index in [2.05, 4.69) is 19.7 Å². The van der Waals surface area contributed by atoms with Crippen molar-refractivity contribution >= 4 is 10.0 Å². The summed E-state index contributed by atoms with van der Waals surface area (Å²) in [4.78, 5) is 10.5. The highest BCUT2D eigenvalue weighted by Crippen LogP contribution is 2.05. The standard InChI is InChI=1S/C9H13N5O2S/c1-2-14-5-9(12-7-14)17(15,16)13-4-8-3-10-6-11-8/h3,5-7,13H,2,4H2,1H3,(H,10,11). The fourth-order valence-corrected chi connectivity index (χ4v) is 2.23. The number of hydrogen-bond donors (Lipinski definition) is 2. The summed E-state index contributed by atoms with van der Waals surface area (Å²) in [6.45, 7) is 2.76. The number of rotatable bonds is 5. The van der Waals surface area contributed by atoms with E-state index >= 15 is 0 Å². The number of hydrogen-bond acceptors (Lipinski definition) is 4. The Bertz CT molecular complexity index is 572. The van der Waals surface area contributed by atoms with Crippen LogP contribution in [0.25, 0.3) is 0 Å². The molecule has 0 fully saturated rings. The Morgan fingerprint density at radius 3 is 2.94 bits per heavy atom. The Morgan fingerprint density at radius 2 is 2.35 bits per heavy atom. The van der Waals surface area contributed by atoms with E-state index in [0.29, 0.717) is 12.2 Å². The zero-order chi connectivity index (χ0) is 12.3. The molecule has 0 bridgehead atoms. The van der Waals surface area contributed by atoms with Gasteiger partial charge in [-0.25, -0.2) is 23.1 Å². The van der Waals surface area contributed by atoms with Gasteiger partial charge in [-0.3, -0.25) is 0 Å². The molecule has 17 heavy (non-hydrogen) atoms. The maximum atomic E-state index is 11.8. The third-order valence-corrected chi connectivity index (χ3v) is 3.54. The molecule has 92 valence electrons. The van der Waals surface area contributed by atoms with Gasteiger partial charge in [0.15, 0.2) is 5.03 Å². The van der Waals surface area contributed by atoms with E-state index in [1.54, 1.807) is 10.8 Å². The van der Waals surface area contributed by atoms with Crippen LogP contribution < -0.4 is 4.72 Å². The first-order valence-electron chi connectivity index (χ1n) is 5.10. The summed E-state index contributed by atoms with van der Waals surface area (Å²) in [6, 6.07) is 0. The van der Waals surface area contributed by atoms with Crippen LogP contribution in [0.15, 0.2) is 30.1 Å². The Morgan fingerprint density at radius 1 is 1.53 bits per heavy atom. The average Bonchev–Trinajstić information content (AvgIpc) is 2.98. The molecule has 2 heterocycles. The Balaban J connectivity index is 2.08. The molecule has 2 rings (SSSR count). The van der Waals surface area contributed by atoms with Crippen LogP contribution in [-0.2, 0) is 23.1 Å². The molecule has 0 saturated heterocycles. The maximum absolute atomic E-state index is 11.8. The number of nitrogens with one attached hydrogen (secondary N) is 2. The molecule has 2 N–H and O–H groups in total. The van der Waals surface area contributed by atoms with Crippen LogP contribution in [0.4, 0.5) is 0 Å². The molecule has 0 aliphatic carbocycles. The summed E-state index contributed by atoms with van der Waals surface area (Å²) < 4.78 is 27.8. The van der Waals surface area contributed by atoms with E-state index in [1.807, 2.05) is 6.92 Å². The molecule has 2 aromatic rings. The predicted octanol–water partition coefficient (Wildman–Crippen LogP) is 0.105. The van der Waals surface area contributed by atoms with Crippen LogP contribution >= 0.6 is 0 Å². The summed E-state index contributed by atoms with van der Waals surface area (Å²) in [6.07, 6.45) is 6.04. The van der Waals surface area contributed by atoms with Crippen LogP contribution in [0.1, 0.15) is 12.6 Å². The van der Waals surface area contributed by atoms with Crippen molar-refractivity contribution in [1.29, 1.82) is 0 Å². The van der Waals surface area contributed by atoms with Gasteiger partial charge in [0.1, 0.15) is 0 Å². The molecule has 0 atom stereocenters. The number of aromatic amines is 1. The lowest BCUT2D eigenvalue weighted by Crippen LogP contribution is -2.23. The van der Waals surface area contributed by atoms with Crippen LogP contribution in [0.5, 0.6) is 0 Å². The van der Waals surface area contributed by atoms with Gasteiger partial charge in [0, 0.05) is 24.6 Å². The smallest absolute Gasteiger partial charge is 0.259 e. The highest BCUT2D eigenvalue weighted by atomic mass is 32.2. The van der Waals surface area contributed by atoms with E-state index in [1.165, 1.54) is 18.9 Å². The summed E-state index contributed by atoms with van der Waals surface area (Å²) in [7, 11) is -3.56. The van der Waals surface area contributed by atoms with Gasteiger partial charge >= 0.3 is 0 Å². The van der Waals surface area contributed by atoms with Gasteiger partial charge in [-0.1, -0.05) is 0 Å². The average molecular weight is 255 g/mol. The summed E-state index contributed by atoms with van der Waals surface area (Å²) in [5, 5.41) is 0.0267. The quantitative estimate of drug-likeness (QED) is 0.792. The van der Waals surface area contributed by atoms with Gasteiger partial charge in [-0.15, -0.1) is 0 Å². The van der Waals surface area contributed by atoms with Crippen molar-refractivity contribution in [2.24, 2.45) is 0 Å². The molecule has 0 aromatic carbocycles. The van der Waals surface area contributed by atoms with Crippen LogP contribution in [-0.4, -0.2) is 27.9 Å². The second-order valence-electron chi connectivity index (χ2n) is 3.44. The lowest BCUT2D eigenvalue weighted by Gasteiger charge is -2.01. The minimum Gasteiger partial charge on any atom is -0.347 e. The van der Waals surface area contributed by atoms with Crippen molar-refractivity contribution in [3.8, 4) is 0 Å². The lowest BCUT2D eigenvalue weighted by atomic mass is 10.5. The zero-order valence-electron chi connectivity index (χ0n) is 9.29. The van der Waals surface area contributed by atoms with Gasteiger partial charge < -0.3 is 9.55 Å². The van der Waals surface area contributed by atoms with Gasteiger partial charge in [-0.2, -0.15) is 0 Å². The molecule has 2 aromatic heterocycles. The molecule has 0 aliphatic rings. The number of aryl methyl sites for hydroxylation is 1. The van der Waals surface area contributed by atoms with E-state index < -0.39 is 10.0 Å². The number of imidazole rings is 2. The summed E-state index contributed by atoms with van der Waals surface area (Å²) >= 11 is 0. The normalized spacial score (nSPS) is 11.8. The Kier molecular flexibility index (Phi) is 3.25. The molecule has 0 saturated carbocycles. The zero-order valence-corrected chi connectivity index (χ0v) is 10.1. The van der Waals surface area contributed by atoms with Gasteiger partial charge in [0.2, 0.25) is 0 Å². The topological polar surface area (TPSA) is 92.7 Å².